The molecule has 2 aliphatic rings. The summed E-state index contributed by atoms with van der Waals surface area (Å²) in [5.74, 6) is 0.758. The molecule has 1 aliphatic heterocycles. The zero-order chi connectivity index (χ0) is 22.5. The molecule has 7 nitrogen and oxygen atoms in total. The van der Waals surface area contributed by atoms with E-state index in [1.165, 1.54) is 18.4 Å². The highest BCUT2D eigenvalue weighted by atomic mass is 16.1. The van der Waals surface area contributed by atoms with Crippen molar-refractivity contribution < 1.29 is 0 Å². The normalized spacial score (nSPS) is 17.1. The second-order valence-corrected chi connectivity index (χ2v) is 9.49. The third-order valence-electron chi connectivity index (χ3n) is 7.30. The third-order valence-corrected chi connectivity index (χ3v) is 7.30. The van der Waals surface area contributed by atoms with Gasteiger partial charge in [0.2, 0.25) is 0 Å². The van der Waals surface area contributed by atoms with E-state index in [-0.39, 0.29) is 11.6 Å². The number of hydrogen-bond acceptors (Lipinski definition) is 5. The molecule has 3 heterocycles. The van der Waals surface area contributed by atoms with Crippen molar-refractivity contribution in [2.24, 2.45) is 0 Å². The summed E-state index contributed by atoms with van der Waals surface area (Å²) in [6, 6.07) is 14.6. The molecule has 2 aromatic carbocycles. The lowest BCUT2D eigenvalue weighted by Crippen LogP contribution is -2.34. The lowest BCUT2D eigenvalue weighted by atomic mass is 9.99. The van der Waals surface area contributed by atoms with Crippen LogP contribution in [0.4, 0.5) is 5.69 Å². The largest absolute Gasteiger partial charge is 0.357 e. The molecule has 0 spiro atoms. The van der Waals surface area contributed by atoms with Gasteiger partial charge in [-0.15, -0.1) is 5.10 Å². The molecule has 0 saturated heterocycles. The molecular formula is C26H28N6O. The van der Waals surface area contributed by atoms with Crippen molar-refractivity contribution in [3.05, 3.63) is 80.9 Å². The smallest absolute Gasteiger partial charge is 0.254 e. The van der Waals surface area contributed by atoms with Gasteiger partial charge < -0.3 is 9.88 Å². The summed E-state index contributed by atoms with van der Waals surface area (Å²) in [5, 5.41) is 14.1. The van der Waals surface area contributed by atoms with Gasteiger partial charge in [-0.1, -0.05) is 37.1 Å². The number of tetrazole rings is 1. The molecule has 0 radical (unpaired) electrons. The van der Waals surface area contributed by atoms with Crippen molar-refractivity contribution in [3.8, 4) is 0 Å². The first kappa shape index (κ1) is 20.1. The van der Waals surface area contributed by atoms with E-state index >= 15 is 0 Å². The second-order valence-electron chi connectivity index (χ2n) is 9.49. The molecule has 1 aliphatic carbocycles. The Morgan fingerprint density at radius 3 is 2.76 bits per heavy atom. The van der Waals surface area contributed by atoms with Crippen LogP contribution >= 0.6 is 0 Å². The van der Waals surface area contributed by atoms with Crippen LogP contribution in [0.15, 0.2) is 47.3 Å². The van der Waals surface area contributed by atoms with Crippen molar-refractivity contribution >= 4 is 16.6 Å². The van der Waals surface area contributed by atoms with Crippen LogP contribution in [0.25, 0.3) is 10.9 Å². The van der Waals surface area contributed by atoms with Crippen LogP contribution in [0.1, 0.15) is 65.8 Å². The van der Waals surface area contributed by atoms with E-state index in [0.717, 1.165) is 59.3 Å². The van der Waals surface area contributed by atoms with Gasteiger partial charge in [-0.3, -0.25) is 4.79 Å². The van der Waals surface area contributed by atoms with Crippen molar-refractivity contribution in [3.63, 3.8) is 0 Å². The van der Waals surface area contributed by atoms with Crippen LogP contribution in [-0.4, -0.2) is 31.7 Å². The van der Waals surface area contributed by atoms with Crippen molar-refractivity contribution in [2.75, 3.05) is 11.4 Å². The highest BCUT2D eigenvalue weighted by Gasteiger charge is 2.36. The molecule has 6 rings (SSSR count). The summed E-state index contributed by atoms with van der Waals surface area (Å²) in [5.41, 5.74) is 6.23. The fourth-order valence-electron chi connectivity index (χ4n) is 5.76. The van der Waals surface area contributed by atoms with Gasteiger partial charge in [-0.2, -0.15) is 0 Å². The van der Waals surface area contributed by atoms with Crippen LogP contribution in [0.5, 0.6) is 0 Å². The molecule has 0 bridgehead atoms. The fourth-order valence-corrected chi connectivity index (χ4v) is 5.76. The molecule has 2 aromatic heterocycles. The van der Waals surface area contributed by atoms with E-state index in [1.54, 1.807) is 0 Å². The maximum Gasteiger partial charge on any atom is 0.254 e. The molecule has 33 heavy (non-hydrogen) atoms. The molecule has 1 N–H and O–H groups in total. The number of rotatable bonds is 4. The summed E-state index contributed by atoms with van der Waals surface area (Å²) < 4.78 is 1.99. The minimum atomic E-state index is -0.349. The number of aromatic nitrogens is 5. The predicted octanol–water partition coefficient (Wildman–Crippen LogP) is 4.40. The zero-order valence-corrected chi connectivity index (χ0v) is 19.1. The Labute approximate surface area is 192 Å². The van der Waals surface area contributed by atoms with Gasteiger partial charge in [-0.05, 0) is 78.4 Å². The maximum atomic E-state index is 13.5. The third kappa shape index (κ3) is 3.34. The number of pyridine rings is 1. The fraction of sp³-hybridized carbons (Fsp3) is 0.385. The number of para-hydroxylation sites is 1. The number of fused-ring (bicyclic) bond motifs is 2. The summed E-state index contributed by atoms with van der Waals surface area (Å²) in [6.45, 7) is 4.98. The predicted molar refractivity (Wildman–Crippen MR) is 129 cm³/mol. The number of hydrogen-bond donors (Lipinski definition) is 1. The van der Waals surface area contributed by atoms with Crippen LogP contribution in [-0.2, 0) is 6.42 Å². The first-order chi connectivity index (χ1) is 16.1. The van der Waals surface area contributed by atoms with E-state index in [4.69, 9.17) is 0 Å². The summed E-state index contributed by atoms with van der Waals surface area (Å²) in [7, 11) is 0. The summed E-state index contributed by atoms with van der Waals surface area (Å²) in [6.07, 6.45) is 5.48. The van der Waals surface area contributed by atoms with Gasteiger partial charge in [0.25, 0.3) is 5.56 Å². The molecule has 1 unspecified atom stereocenters. The van der Waals surface area contributed by atoms with Crippen molar-refractivity contribution in [1.29, 1.82) is 0 Å². The second kappa shape index (κ2) is 7.83. The highest BCUT2D eigenvalue weighted by molar-refractivity contribution is 5.83. The summed E-state index contributed by atoms with van der Waals surface area (Å²) >= 11 is 0. The molecule has 1 atom stereocenters. The van der Waals surface area contributed by atoms with E-state index in [0.29, 0.717) is 11.6 Å². The Morgan fingerprint density at radius 1 is 1.09 bits per heavy atom. The molecule has 0 amide bonds. The van der Waals surface area contributed by atoms with E-state index in [2.05, 4.69) is 75.7 Å². The van der Waals surface area contributed by atoms with E-state index < -0.39 is 0 Å². The number of aromatic amines is 1. The number of nitrogens with zero attached hydrogens (tertiary/aromatic N) is 5. The molecule has 1 fully saturated rings. The quantitative estimate of drug-likeness (QED) is 0.509. The lowest BCUT2D eigenvalue weighted by molar-refractivity contribution is 0.428. The van der Waals surface area contributed by atoms with E-state index in [9.17, 15) is 4.79 Å². The van der Waals surface area contributed by atoms with Crippen LogP contribution in [0.2, 0.25) is 0 Å². The number of nitrogens with one attached hydrogen (secondary N) is 1. The zero-order valence-electron chi connectivity index (χ0n) is 19.1. The standard InChI is InChI=1S/C26H28N6O/c1-16-13-17(2)20-15-21(26(33)27-22(20)14-16)24(31-12-11-18-7-3-6-10-23(18)31)25-28-29-30-32(25)19-8-4-5-9-19/h3,6-7,10,13-15,19,24H,4-5,8-9,11-12H2,1-2H3,(H,27,33). The van der Waals surface area contributed by atoms with Gasteiger partial charge in [-0.25, -0.2) is 4.68 Å². The number of H-pyrrole nitrogens is 1. The maximum absolute atomic E-state index is 13.5. The van der Waals surface area contributed by atoms with Crippen molar-refractivity contribution in [1.82, 2.24) is 25.2 Å². The first-order valence-corrected chi connectivity index (χ1v) is 11.9. The Kier molecular flexibility index (Phi) is 4.78. The topological polar surface area (TPSA) is 79.7 Å². The van der Waals surface area contributed by atoms with Gasteiger partial charge >= 0.3 is 0 Å². The average Bonchev–Trinajstić information content (AvgIpc) is 3.56. The van der Waals surface area contributed by atoms with E-state index in [1.807, 2.05) is 10.7 Å². The Morgan fingerprint density at radius 2 is 1.91 bits per heavy atom. The number of anilines is 1. The molecule has 1 saturated carbocycles. The SMILES string of the molecule is Cc1cc(C)c2cc(C(c3nnnn3C3CCCC3)N3CCc4ccccc43)c(=O)[nH]c2c1. The number of aryl methyl sites for hydroxylation is 2. The van der Waals surface area contributed by atoms with Crippen molar-refractivity contribution in [2.45, 2.75) is 58.0 Å². The van der Waals surface area contributed by atoms with Crippen LogP contribution < -0.4 is 10.5 Å². The lowest BCUT2D eigenvalue weighted by Gasteiger charge is -2.30. The molecule has 7 heteroatoms. The van der Waals surface area contributed by atoms with Gasteiger partial charge in [0.1, 0.15) is 6.04 Å². The molecule has 168 valence electrons. The minimum absolute atomic E-state index is 0.0807. The average molecular weight is 441 g/mol. The minimum Gasteiger partial charge on any atom is -0.357 e. The Balaban J connectivity index is 1.57. The number of benzene rings is 2. The van der Waals surface area contributed by atoms with Gasteiger partial charge in [0, 0.05) is 28.7 Å². The first-order valence-electron chi connectivity index (χ1n) is 11.9. The highest BCUT2D eigenvalue weighted by Crippen LogP contribution is 2.39. The molecular weight excluding hydrogens is 412 g/mol. The van der Waals surface area contributed by atoms with Gasteiger partial charge in [0.15, 0.2) is 5.82 Å². The van der Waals surface area contributed by atoms with Crippen LogP contribution in [0, 0.1) is 13.8 Å². The van der Waals surface area contributed by atoms with Crippen LogP contribution in [0.3, 0.4) is 0 Å². The Hall–Kier alpha value is -3.48. The monoisotopic (exact) mass is 440 g/mol. The van der Waals surface area contributed by atoms with Gasteiger partial charge in [0.05, 0.1) is 6.04 Å². The summed E-state index contributed by atoms with van der Waals surface area (Å²) in [4.78, 5) is 19.0. The Bertz CT molecular complexity index is 1400. The molecule has 4 aromatic rings.